The van der Waals surface area contributed by atoms with Crippen molar-refractivity contribution in [3.8, 4) is 11.3 Å². The fraction of sp³-hybridized carbons (Fsp3) is 0. The molecule has 0 amide bonds. The van der Waals surface area contributed by atoms with Crippen LogP contribution in [-0.4, -0.2) is 9.97 Å². The van der Waals surface area contributed by atoms with Gasteiger partial charge in [-0.3, -0.25) is 0 Å². The van der Waals surface area contributed by atoms with Gasteiger partial charge in [0.25, 0.3) is 0 Å². The Morgan fingerprint density at radius 2 is 1.93 bits per heavy atom. The van der Waals surface area contributed by atoms with Gasteiger partial charge in [-0.15, -0.1) is 0 Å². The van der Waals surface area contributed by atoms with Crippen LogP contribution in [0.25, 0.3) is 11.3 Å². The first-order valence-electron chi connectivity index (χ1n) is 4.18. The second kappa shape index (κ2) is 3.59. The number of nitrogen functional groups attached to an aromatic ring is 1. The fourth-order valence-electron chi connectivity index (χ4n) is 1.25. The van der Waals surface area contributed by atoms with E-state index in [-0.39, 0.29) is 0 Å². The first kappa shape index (κ1) is 8.90. The van der Waals surface area contributed by atoms with Crippen molar-refractivity contribution in [2.45, 2.75) is 0 Å². The van der Waals surface area contributed by atoms with Crippen LogP contribution < -0.4 is 5.73 Å². The van der Waals surface area contributed by atoms with Crippen molar-refractivity contribution < 1.29 is 0 Å². The molecule has 4 heteroatoms. The smallest absolute Gasteiger partial charge is 0.199 e. The molecule has 1 aromatic heterocycles. The second-order valence-corrected chi connectivity index (χ2v) is 3.28. The third-order valence-electron chi connectivity index (χ3n) is 1.85. The van der Waals surface area contributed by atoms with Gasteiger partial charge in [-0.25, -0.2) is 4.98 Å². The topological polar surface area (TPSA) is 54.7 Å². The number of benzene rings is 1. The summed E-state index contributed by atoms with van der Waals surface area (Å²) in [4.78, 5) is 6.88. The maximum absolute atomic E-state index is 5.60. The van der Waals surface area contributed by atoms with Crippen molar-refractivity contribution in [1.82, 2.24) is 9.97 Å². The molecule has 1 aromatic carbocycles. The fourth-order valence-corrected chi connectivity index (χ4v) is 1.47. The van der Waals surface area contributed by atoms with E-state index in [4.69, 9.17) is 18.0 Å². The van der Waals surface area contributed by atoms with Crippen LogP contribution in [0.5, 0.6) is 0 Å². The van der Waals surface area contributed by atoms with E-state index in [9.17, 15) is 0 Å². The minimum Gasteiger partial charge on any atom is -0.384 e. The first-order valence-corrected chi connectivity index (χ1v) is 4.59. The van der Waals surface area contributed by atoms with Gasteiger partial charge in [-0.2, -0.15) is 0 Å². The van der Waals surface area contributed by atoms with Gasteiger partial charge in [0.05, 0.1) is 5.69 Å². The maximum atomic E-state index is 5.60. The van der Waals surface area contributed by atoms with Crippen LogP contribution in [-0.2, 0) is 0 Å². The van der Waals surface area contributed by atoms with Gasteiger partial charge in [0.15, 0.2) is 4.77 Å². The number of nitrogens with zero attached hydrogens (tertiary/aromatic N) is 1. The summed E-state index contributed by atoms with van der Waals surface area (Å²) >= 11 is 4.94. The van der Waals surface area contributed by atoms with E-state index < -0.39 is 0 Å². The van der Waals surface area contributed by atoms with Gasteiger partial charge in [-0.05, 0) is 17.8 Å². The molecule has 3 N–H and O–H groups in total. The summed E-state index contributed by atoms with van der Waals surface area (Å²) < 4.78 is 0.406. The number of aromatic nitrogens is 2. The van der Waals surface area contributed by atoms with Crippen molar-refractivity contribution in [2.75, 3.05) is 5.73 Å². The molecule has 0 saturated heterocycles. The highest BCUT2D eigenvalue weighted by molar-refractivity contribution is 7.71. The normalized spacial score (nSPS) is 10.0. The number of hydrogen-bond donors (Lipinski definition) is 2. The average Bonchev–Trinajstić information content (AvgIpc) is 2.18. The lowest BCUT2D eigenvalue weighted by Crippen LogP contribution is -1.94. The molecule has 0 aliphatic heterocycles. The highest BCUT2D eigenvalue weighted by atomic mass is 32.1. The van der Waals surface area contributed by atoms with Gasteiger partial charge in [0.1, 0.15) is 5.82 Å². The highest BCUT2D eigenvalue weighted by Crippen LogP contribution is 2.16. The quantitative estimate of drug-likeness (QED) is 0.700. The Morgan fingerprint density at radius 1 is 1.21 bits per heavy atom. The standard InChI is InChI=1S/C10H9N3S/c11-9-6-8(12-10(14)13-9)7-4-2-1-3-5-7/h1-6H,(H3,11,12,13,14). The van der Waals surface area contributed by atoms with Crippen LogP contribution in [0.2, 0.25) is 0 Å². The largest absolute Gasteiger partial charge is 0.384 e. The summed E-state index contributed by atoms with van der Waals surface area (Å²) in [7, 11) is 0. The van der Waals surface area contributed by atoms with E-state index in [0.717, 1.165) is 11.3 Å². The van der Waals surface area contributed by atoms with Crippen LogP contribution in [0.1, 0.15) is 0 Å². The lowest BCUT2D eigenvalue weighted by molar-refractivity contribution is 1.15. The Bertz CT molecular complexity index is 490. The third kappa shape index (κ3) is 1.80. The molecular formula is C10H9N3S. The third-order valence-corrected chi connectivity index (χ3v) is 2.04. The van der Waals surface area contributed by atoms with Gasteiger partial charge in [-0.1, -0.05) is 30.3 Å². The minimum atomic E-state index is 0.406. The van der Waals surface area contributed by atoms with E-state index in [0.29, 0.717) is 10.6 Å². The summed E-state index contributed by atoms with van der Waals surface area (Å²) in [5.41, 5.74) is 7.54. The van der Waals surface area contributed by atoms with Crippen molar-refractivity contribution in [3.05, 3.63) is 41.2 Å². The predicted octanol–water partition coefficient (Wildman–Crippen LogP) is 2.39. The molecule has 0 atom stereocenters. The molecule has 70 valence electrons. The summed E-state index contributed by atoms with van der Waals surface area (Å²) in [5.74, 6) is 0.438. The van der Waals surface area contributed by atoms with Gasteiger partial charge in [0, 0.05) is 6.07 Å². The van der Waals surface area contributed by atoms with Crippen molar-refractivity contribution >= 4 is 18.0 Å². The zero-order valence-electron chi connectivity index (χ0n) is 7.40. The molecule has 0 fully saturated rings. The number of nitrogens with one attached hydrogen (secondary N) is 1. The van der Waals surface area contributed by atoms with E-state index in [1.54, 1.807) is 6.07 Å². The zero-order valence-corrected chi connectivity index (χ0v) is 8.21. The number of nitrogens with two attached hydrogens (primary N) is 1. The molecule has 0 unspecified atom stereocenters. The summed E-state index contributed by atoms with van der Waals surface area (Å²) in [5, 5.41) is 0. The minimum absolute atomic E-state index is 0.406. The Balaban J connectivity index is 2.58. The molecule has 2 rings (SSSR count). The van der Waals surface area contributed by atoms with Crippen LogP contribution in [0, 0.1) is 4.77 Å². The molecule has 0 saturated carbocycles. The highest BCUT2D eigenvalue weighted by Gasteiger charge is 1.98. The zero-order chi connectivity index (χ0) is 9.97. The summed E-state index contributed by atoms with van der Waals surface area (Å²) in [6.45, 7) is 0. The van der Waals surface area contributed by atoms with Gasteiger partial charge < -0.3 is 10.7 Å². The molecule has 0 bridgehead atoms. The Morgan fingerprint density at radius 3 is 2.57 bits per heavy atom. The number of aromatic amines is 1. The molecule has 2 aromatic rings. The number of anilines is 1. The van der Waals surface area contributed by atoms with Crippen molar-refractivity contribution in [1.29, 1.82) is 0 Å². The SMILES string of the molecule is Nc1cc(-c2ccccc2)[nH]c(=S)n1. The molecule has 3 nitrogen and oxygen atoms in total. The Hall–Kier alpha value is -1.68. The summed E-state index contributed by atoms with van der Waals surface area (Å²) in [6.07, 6.45) is 0. The Labute approximate surface area is 86.6 Å². The lowest BCUT2D eigenvalue weighted by Gasteiger charge is -2.01. The van der Waals surface area contributed by atoms with E-state index in [1.807, 2.05) is 30.3 Å². The molecule has 0 spiro atoms. The summed E-state index contributed by atoms with van der Waals surface area (Å²) in [6, 6.07) is 11.6. The Kier molecular flexibility index (Phi) is 2.28. The second-order valence-electron chi connectivity index (χ2n) is 2.89. The van der Waals surface area contributed by atoms with Gasteiger partial charge in [0.2, 0.25) is 0 Å². The molecule has 0 aliphatic carbocycles. The number of hydrogen-bond acceptors (Lipinski definition) is 3. The van der Waals surface area contributed by atoms with Crippen LogP contribution >= 0.6 is 12.2 Å². The van der Waals surface area contributed by atoms with E-state index in [2.05, 4.69) is 9.97 Å². The van der Waals surface area contributed by atoms with Crippen LogP contribution in [0.4, 0.5) is 5.82 Å². The molecule has 1 heterocycles. The maximum Gasteiger partial charge on any atom is 0.199 e. The lowest BCUT2D eigenvalue weighted by atomic mass is 10.1. The van der Waals surface area contributed by atoms with Crippen LogP contribution in [0.3, 0.4) is 0 Å². The van der Waals surface area contributed by atoms with Crippen molar-refractivity contribution in [2.24, 2.45) is 0 Å². The average molecular weight is 203 g/mol. The van der Waals surface area contributed by atoms with Gasteiger partial charge >= 0.3 is 0 Å². The predicted molar refractivity (Wildman–Crippen MR) is 59.3 cm³/mol. The van der Waals surface area contributed by atoms with E-state index >= 15 is 0 Å². The van der Waals surface area contributed by atoms with Crippen molar-refractivity contribution in [3.63, 3.8) is 0 Å². The molecule has 0 radical (unpaired) electrons. The number of H-pyrrole nitrogens is 1. The molecule has 0 aliphatic rings. The number of rotatable bonds is 1. The monoisotopic (exact) mass is 203 g/mol. The van der Waals surface area contributed by atoms with E-state index in [1.165, 1.54) is 0 Å². The molecular weight excluding hydrogens is 194 g/mol. The molecule has 14 heavy (non-hydrogen) atoms. The van der Waals surface area contributed by atoms with Crippen LogP contribution in [0.15, 0.2) is 36.4 Å². The first-order chi connectivity index (χ1) is 6.75.